The van der Waals surface area contributed by atoms with Gasteiger partial charge >= 0.3 is 6.18 Å². The summed E-state index contributed by atoms with van der Waals surface area (Å²) < 4.78 is 55.0. The van der Waals surface area contributed by atoms with Crippen LogP contribution in [0.15, 0.2) is 42.5 Å². The van der Waals surface area contributed by atoms with E-state index in [1.54, 1.807) is 0 Å². The van der Waals surface area contributed by atoms with Crippen molar-refractivity contribution in [3.8, 4) is 17.6 Å². The molecule has 1 saturated heterocycles. The first kappa shape index (κ1) is 24.6. The Morgan fingerprint density at radius 3 is 2.49 bits per heavy atom. The molecule has 6 nitrogen and oxygen atoms in total. The van der Waals surface area contributed by atoms with Crippen LogP contribution in [0.1, 0.15) is 46.3 Å². The van der Waals surface area contributed by atoms with Gasteiger partial charge in [0.1, 0.15) is 17.4 Å². The van der Waals surface area contributed by atoms with E-state index in [1.807, 2.05) is 18.2 Å². The number of likely N-dealkylation sites (tertiary alicyclic amines) is 1. The number of hydrogen-bond acceptors (Lipinski definition) is 5. The highest BCUT2D eigenvalue weighted by Gasteiger charge is 2.40. The molecule has 1 unspecified atom stereocenters. The summed E-state index contributed by atoms with van der Waals surface area (Å²) in [5.41, 5.74) is 3.33. The van der Waals surface area contributed by atoms with E-state index in [9.17, 15) is 23.2 Å². The van der Waals surface area contributed by atoms with Crippen LogP contribution in [0.3, 0.4) is 0 Å². The molecule has 4 rings (SSSR count). The van der Waals surface area contributed by atoms with Gasteiger partial charge in [-0.2, -0.15) is 18.4 Å². The van der Waals surface area contributed by atoms with E-state index in [0.717, 1.165) is 24.5 Å². The Bertz CT molecular complexity index is 1160. The quantitative estimate of drug-likeness (QED) is 0.579. The number of carbonyl (C=O) groups excluding carboxylic acids is 1. The number of benzene rings is 2. The van der Waals surface area contributed by atoms with Crippen LogP contribution in [0.5, 0.6) is 11.5 Å². The van der Waals surface area contributed by atoms with Crippen molar-refractivity contribution >= 4 is 11.5 Å². The number of rotatable bonds is 6. The molecule has 2 aliphatic rings. The average Bonchev–Trinajstić information content (AvgIpc) is 2.83. The van der Waals surface area contributed by atoms with Crippen LogP contribution in [0.25, 0.3) is 5.57 Å². The first-order valence-electron chi connectivity index (χ1n) is 11.2. The first-order valence-corrected chi connectivity index (χ1v) is 11.2. The predicted octanol–water partition coefficient (Wildman–Crippen LogP) is 4.94. The average molecular weight is 486 g/mol. The number of ether oxygens (including phenoxy) is 3. The molecule has 0 aromatic heterocycles. The number of alkyl halides is 3. The minimum Gasteiger partial charge on any atom is -0.494 e. The van der Waals surface area contributed by atoms with Crippen molar-refractivity contribution < 1.29 is 32.2 Å². The van der Waals surface area contributed by atoms with Crippen LogP contribution in [-0.4, -0.2) is 56.5 Å². The van der Waals surface area contributed by atoms with Crippen LogP contribution in [0, 0.1) is 11.3 Å². The highest BCUT2D eigenvalue weighted by atomic mass is 19.4. The molecule has 2 aliphatic heterocycles. The molecule has 2 aromatic carbocycles. The van der Waals surface area contributed by atoms with Gasteiger partial charge in [0.25, 0.3) is 5.91 Å². The number of nitriles is 1. The van der Waals surface area contributed by atoms with Crippen molar-refractivity contribution in [3.05, 3.63) is 64.7 Å². The van der Waals surface area contributed by atoms with Gasteiger partial charge in [-0.15, -0.1) is 0 Å². The minimum atomic E-state index is -4.61. The van der Waals surface area contributed by atoms with Crippen molar-refractivity contribution in [2.75, 3.05) is 33.4 Å². The van der Waals surface area contributed by atoms with Gasteiger partial charge in [-0.1, -0.05) is 30.3 Å². The van der Waals surface area contributed by atoms with Gasteiger partial charge in [-0.05, 0) is 42.2 Å². The second-order valence-corrected chi connectivity index (χ2v) is 8.52. The Kier molecular flexibility index (Phi) is 7.03. The van der Waals surface area contributed by atoms with Crippen molar-refractivity contribution in [2.24, 2.45) is 0 Å². The van der Waals surface area contributed by atoms with Gasteiger partial charge in [-0.25, -0.2) is 0 Å². The maximum atomic E-state index is 13.3. The lowest BCUT2D eigenvalue weighted by atomic mass is 9.89. The third-order valence-corrected chi connectivity index (χ3v) is 6.31. The van der Waals surface area contributed by atoms with Crippen LogP contribution >= 0.6 is 0 Å². The fourth-order valence-electron chi connectivity index (χ4n) is 4.19. The molecule has 35 heavy (non-hydrogen) atoms. The molecule has 0 aliphatic carbocycles. The molecule has 1 fully saturated rings. The Labute approximate surface area is 201 Å². The van der Waals surface area contributed by atoms with Crippen molar-refractivity contribution in [2.45, 2.75) is 31.5 Å². The first-order chi connectivity index (χ1) is 16.7. The van der Waals surface area contributed by atoms with Crippen molar-refractivity contribution in [3.63, 3.8) is 0 Å². The van der Waals surface area contributed by atoms with Gasteiger partial charge in [-0.3, -0.25) is 4.79 Å². The molecular formula is C26H25F3N2O4. The number of methoxy groups -OCH3 is 1. The Morgan fingerprint density at radius 2 is 1.91 bits per heavy atom. The Balaban J connectivity index is 1.52. The molecular weight excluding hydrogens is 461 g/mol. The Morgan fingerprint density at radius 1 is 1.20 bits per heavy atom. The summed E-state index contributed by atoms with van der Waals surface area (Å²) in [5.74, 6) is -0.807. The third kappa shape index (κ3) is 5.13. The van der Waals surface area contributed by atoms with E-state index in [1.165, 1.54) is 29.7 Å². The van der Waals surface area contributed by atoms with Crippen molar-refractivity contribution in [1.29, 1.82) is 5.26 Å². The maximum Gasteiger partial charge on any atom is 0.425 e. The number of halogens is 3. The lowest BCUT2D eigenvalue weighted by Gasteiger charge is -2.40. The summed E-state index contributed by atoms with van der Waals surface area (Å²) in [4.78, 5) is 14.8. The lowest BCUT2D eigenvalue weighted by Crippen LogP contribution is -2.48. The predicted molar refractivity (Wildman–Crippen MR) is 122 cm³/mol. The lowest BCUT2D eigenvalue weighted by molar-refractivity contribution is -0.189. The zero-order valence-corrected chi connectivity index (χ0v) is 19.4. The normalized spacial score (nSPS) is 17.1. The minimum absolute atomic E-state index is 0.0398. The van der Waals surface area contributed by atoms with E-state index >= 15 is 0 Å². The van der Waals surface area contributed by atoms with Crippen LogP contribution in [0.2, 0.25) is 0 Å². The molecule has 9 heteroatoms. The van der Waals surface area contributed by atoms with E-state index in [-0.39, 0.29) is 28.5 Å². The van der Waals surface area contributed by atoms with E-state index in [2.05, 4.69) is 18.2 Å². The summed E-state index contributed by atoms with van der Waals surface area (Å²) in [5, 5.41) is 9.39. The molecule has 1 amide bonds. The van der Waals surface area contributed by atoms with Crippen molar-refractivity contribution in [1.82, 2.24) is 4.90 Å². The van der Waals surface area contributed by atoms with Gasteiger partial charge in [0, 0.05) is 19.0 Å². The molecule has 2 aromatic rings. The van der Waals surface area contributed by atoms with Crippen LogP contribution in [-0.2, 0) is 4.74 Å². The van der Waals surface area contributed by atoms with Gasteiger partial charge < -0.3 is 19.1 Å². The summed E-state index contributed by atoms with van der Waals surface area (Å²) in [6, 6.07) is 12.6. The molecule has 0 radical (unpaired) electrons. The zero-order valence-electron chi connectivity index (χ0n) is 19.4. The number of carbonyl (C=O) groups is 1. The smallest absolute Gasteiger partial charge is 0.425 e. The largest absolute Gasteiger partial charge is 0.494 e. The van der Waals surface area contributed by atoms with E-state index in [4.69, 9.17) is 14.2 Å². The molecule has 0 saturated carbocycles. The molecule has 2 heterocycles. The third-order valence-electron chi connectivity index (χ3n) is 6.31. The zero-order chi connectivity index (χ0) is 25.2. The highest BCUT2D eigenvalue weighted by Crippen LogP contribution is 2.38. The Hall–Kier alpha value is -3.51. The summed E-state index contributed by atoms with van der Waals surface area (Å²) in [6.45, 7) is 2.96. The van der Waals surface area contributed by atoms with Crippen LogP contribution in [0.4, 0.5) is 13.2 Å². The molecule has 0 spiro atoms. The second-order valence-electron chi connectivity index (χ2n) is 8.52. The number of hydrogen-bond donors (Lipinski definition) is 0. The summed E-state index contributed by atoms with van der Waals surface area (Å²) in [7, 11) is 1.26. The molecule has 184 valence electrons. The summed E-state index contributed by atoms with van der Waals surface area (Å²) in [6.07, 6.45) is -3.81. The van der Waals surface area contributed by atoms with E-state index < -0.39 is 18.2 Å². The molecule has 1 atom stereocenters. The SMILES string of the molecule is COc1c(C#N)ccc(OC(C)C(F)(F)F)c1C(=O)N1CC(c2ccc(C3=CCOCC3)cc2)C1. The number of amides is 1. The second kappa shape index (κ2) is 10.0. The standard InChI is InChI=1S/C26H25F3N2O4/c1-16(26(27,28)29)35-22-8-7-20(13-30)24(33-2)23(22)25(32)31-14-21(15-31)18-5-3-17(4-6-18)19-9-11-34-12-10-19/h3-9,16,21H,10-12,14-15H2,1-2H3. The topological polar surface area (TPSA) is 71.8 Å². The van der Waals surface area contributed by atoms with E-state index in [0.29, 0.717) is 26.3 Å². The molecule has 0 N–H and O–H groups in total. The van der Waals surface area contributed by atoms with Gasteiger partial charge in [0.05, 0.1) is 25.9 Å². The maximum absolute atomic E-state index is 13.3. The van der Waals surface area contributed by atoms with Gasteiger partial charge in [0.2, 0.25) is 0 Å². The highest BCUT2D eigenvalue weighted by molar-refractivity contribution is 6.01. The van der Waals surface area contributed by atoms with Gasteiger partial charge in [0.15, 0.2) is 11.9 Å². The summed E-state index contributed by atoms with van der Waals surface area (Å²) >= 11 is 0. The fraction of sp³-hybridized carbons (Fsp3) is 0.385. The number of nitrogens with zero attached hydrogens (tertiary/aromatic N) is 2. The van der Waals surface area contributed by atoms with Crippen LogP contribution < -0.4 is 9.47 Å². The fourth-order valence-corrected chi connectivity index (χ4v) is 4.19. The molecule has 0 bridgehead atoms. The monoisotopic (exact) mass is 486 g/mol.